The number of esters is 1. The van der Waals surface area contributed by atoms with Crippen molar-refractivity contribution in [2.24, 2.45) is 5.14 Å². The molecule has 0 spiro atoms. The highest BCUT2D eigenvalue weighted by Crippen LogP contribution is 2.29. The van der Waals surface area contributed by atoms with Crippen molar-refractivity contribution < 1.29 is 22.7 Å². The van der Waals surface area contributed by atoms with Crippen LogP contribution in [0.3, 0.4) is 0 Å². The molecule has 0 radical (unpaired) electrons. The summed E-state index contributed by atoms with van der Waals surface area (Å²) >= 11 is 0. The third-order valence-electron chi connectivity index (χ3n) is 5.59. The normalized spacial score (nSPS) is 12.4. The number of benzene rings is 4. The minimum atomic E-state index is -3.75. The highest BCUT2D eigenvalue weighted by atomic mass is 32.2. The van der Waals surface area contributed by atoms with Gasteiger partial charge in [-0.1, -0.05) is 60.7 Å². The van der Waals surface area contributed by atoms with Gasteiger partial charge in [0.15, 0.2) is 6.10 Å². The number of hydrogen-bond donors (Lipinski definition) is 2. The van der Waals surface area contributed by atoms with Gasteiger partial charge in [-0.3, -0.25) is 4.79 Å². The molecule has 0 aliphatic rings. The zero-order valence-corrected chi connectivity index (χ0v) is 19.3. The summed E-state index contributed by atoms with van der Waals surface area (Å²) in [5.74, 6) is -0.978. The van der Waals surface area contributed by atoms with E-state index in [0.29, 0.717) is 18.5 Å². The van der Waals surface area contributed by atoms with Gasteiger partial charge < -0.3 is 10.1 Å². The topological polar surface area (TPSA) is 116 Å². The fourth-order valence-corrected chi connectivity index (χ4v) is 4.34. The maximum atomic E-state index is 13.1. The maximum Gasteiger partial charge on any atom is 0.340 e. The van der Waals surface area contributed by atoms with Gasteiger partial charge in [-0.05, 0) is 58.7 Å². The predicted molar refractivity (Wildman–Crippen MR) is 131 cm³/mol. The minimum Gasteiger partial charge on any atom is -0.449 e. The Morgan fingerprint density at radius 2 is 1.47 bits per heavy atom. The summed E-state index contributed by atoms with van der Waals surface area (Å²) in [7, 11) is -3.75. The number of ether oxygens (including phenoxy) is 1. The van der Waals surface area contributed by atoms with Gasteiger partial charge in [0.2, 0.25) is 10.0 Å². The van der Waals surface area contributed by atoms with Gasteiger partial charge >= 0.3 is 5.97 Å². The van der Waals surface area contributed by atoms with Crippen LogP contribution >= 0.6 is 0 Å². The fourth-order valence-electron chi connectivity index (χ4n) is 3.83. The lowest BCUT2D eigenvalue weighted by molar-refractivity contribution is -0.129. The summed E-state index contributed by atoms with van der Waals surface area (Å²) in [6.45, 7) is 1.83. The van der Waals surface area contributed by atoms with Crippen LogP contribution in [0, 0.1) is 0 Å². The zero-order valence-electron chi connectivity index (χ0n) is 18.5. The molecule has 1 atom stereocenters. The first kappa shape index (κ1) is 23.4. The maximum absolute atomic E-state index is 13.1. The number of carbonyl (C=O) groups is 2. The molecule has 0 bridgehead atoms. The highest BCUT2D eigenvalue weighted by Gasteiger charge is 2.22. The molecule has 4 aromatic carbocycles. The van der Waals surface area contributed by atoms with Crippen LogP contribution in [-0.4, -0.2) is 32.9 Å². The number of rotatable bonds is 7. The Kier molecular flexibility index (Phi) is 6.63. The van der Waals surface area contributed by atoms with Crippen LogP contribution in [0.15, 0.2) is 83.8 Å². The fraction of sp³-hybridized carbons (Fsp3) is 0.154. The standard InChI is InChI=1S/C26H24N2O5S/c1-17(25(29)28-15-14-18-10-12-21(13-11-18)34(27,31)32)33-26(30)24-22-8-4-2-6-19(22)16-20-7-3-5-9-23(20)24/h2-13,16-17H,14-15H2,1H3,(H,28,29)(H2,27,31,32). The van der Waals surface area contributed by atoms with Crippen molar-refractivity contribution in [3.63, 3.8) is 0 Å². The molecule has 0 saturated heterocycles. The lowest BCUT2D eigenvalue weighted by Gasteiger charge is -2.16. The van der Waals surface area contributed by atoms with E-state index in [0.717, 1.165) is 27.1 Å². The summed E-state index contributed by atoms with van der Waals surface area (Å²) < 4.78 is 28.2. The van der Waals surface area contributed by atoms with Crippen LogP contribution in [0.25, 0.3) is 21.5 Å². The Hall–Kier alpha value is -3.75. The Bertz CT molecular complexity index is 1430. The van der Waals surface area contributed by atoms with Gasteiger partial charge in [-0.2, -0.15) is 0 Å². The number of nitrogens with two attached hydrogens (primary N) is 1. The molecule has 4 aromatic rings. The number of nitrogens with one attached hydrogen (secondary N) is 1. The largest absolute Gasteiger partial charge is 0.449 e. The van der Waals surface area contributed by atoms with E-state index in [-0.39, 0.29) is 4.90 Å². The summed E-state index contributed by atoms with van der Waals surface area (Å²) in [6.07, 6.45) is -0.513. The molecule has 0 aromatic heterocycles. The first-order valence-electron chi connectivity index (χ1n) is 10.7. The number of primary sulfonamides is 1. The molecular weight excluding hydrogens is 452 g/mol. The third kappa shape index (κ3) is 5.08. The molecule has 0 aliphatic carbocycles. The van der Waals surface area contributed by atoms with Crippen molar-refractivity contribution in [3.05, 3.63) is 90.0 Å². The van der Waals surface area contributed by atoms with Gasteiger partial charge in [0.1, 0.15) is 0 Å². The number of carbonyl (C=O) groups excluding carboxylic acids is 2. The molecule has 1 unspecified atom stereocenters. The van der Waals surface area contributed by atoms with E-state index in [1.165, 1.54) is 19.1 Å². The number of fused-ring (bicyclic) bond motifs is 2. The lowest BCUT2D eigenvalue weighted by atomic mass is 9.97. The Labute approximate surface area is 197 Å². The SMILES string of the molecule is CC(OC(=O)c1c2ccccc2cc2ccccc12)C(=O)NCCc1ccc(S(N)(=O)=O)cc1. The monoisotopic (exact) mass is 476 g/mol. The smallest absolute Gasteiger partial charge is 0.340 e. The highest BCUT2D eigenvalue weighted by molar-refractivity contribution is 7.89. The first-order valence-corrected chi connectivity index (χ1v) is 12.3. The van der Waals surface area contributed by atoms with Gasteiger partial charge in [-0.15, -0.1) is 0 Å². The van der Waals surface area contributed by atoms with Crippen LogP contribution < -0.4 is 10.5 Å². The summed E-state index contributed by atoms with van der Waals surface area (Å²) in [5, 5.41) is 11.2. The quantitative estimate of drug-likeness (QED) is 0.313. The minimum absolute atomic E-state index is 0.0294. The summed E-state index contributed by atoms with van der Waals surface area (Å²) in [6, 6.07) is 23.3. The van der Waals surface area contributed by atoms with Crippen molar-refractivity contribution in [3.8, 4) is 0 Å². The van der Waals surface area contributed by atoms with E-state index in [1.807, 2.05) is 54.6 Å². The first-order chi connectivity index (χ1) is 16.2. The van der Waals surface area contributed by atoms with Crippen LogP contribution in [0.4, 0.5) is 0 Å². The summed E-state index contributed by atoms with van der Waals surface area (Å²) in [5.41, 5.74) is 1.27. The van der Waals surface area contributed by atoms with Gasteiger partial charge in [0, 0.05) is 6.54 Å². The number of amides is 1. The van der Waals surface area contributed by atoms with Crippen molar-refractivity contribution in [1.29, 1.82) is 0 Å². The molecule has 4 rings (SSSR count). The zero-order chi connectivity index (χ0) is 24.3. The molecule has 0 fully saturated rings. The molecule has 1 amide bonds. The number of hydrogen-bond acceptors (Lipinski definition) is 5. The van der Waals surface area contributed by atoms with Gasteiger partial charge in [0.05, 0.1) is 10.5 Å². The lowest BCUT2D eigenvalue weighted by Crippen LogP contribution is -2.37. The summed E-state index contributed by atoms with van der Waals surface area (Å²) in [4.78, 5) is 25.7. The Morgan fingerprint density at radius 3 is 2.03 bits per heavy atom. The van der Waals surface area contributed by atoms with Crippen molar-refractivity contribution in [2.75, 3.05) is 6.54 Å². The van der Waals surface area contributed by atoms with Crippen molar-refractivity contribution >= 4 is 43.4 Å². The second kappa shape index (κ2) is 9.62. The average molecular weight is 477 g/mol. The van der Waals surface area contributed by atoms with Crippen LogP contribution in [-0.2, 0) is 26.0 Å². The third-order valence-corrected chi connectivity index (χ3v) is 6.52. The molecule has 0 heterocycles. The second-order valence-corrected chi connectivity index (χ2v) is 9.53. The van der Waals surface area contributed by atoms with E-state index >= 15 is 0 Å². The van der Waals surface area contributed by atoms with Gasteiger partial charge in [-0.25, -0.2) is 18.4 Å². The van der Waals surface area contributed by atoms with E-state index in [4.69, 9.17) is 9.88 Å². The van der Waals surface area contributed by atoms with Gasteiger partial charge in [0.25, 0.3) is 5.91 Å². The molecular formula is C26H24N2O5S. The molecule has 7 nitrogen and oxygen atoms in total. The van der Waals surface area contributed by atoms with E-state index in [9.17, 15) is 18.0 Å². The van der Waals surface area contributed by atoms with Crippen LogP contribution in [0.5, 0.6) is 0 Å². The molecule has 34 heavy (non-hydrogen) atoms. The molecule has 0 saturated carbocycles. The van der Waals surface area contributed by atoms with E-state index in [1.54, 1.807) is 12.1 Å². The molecule has 3 N–H and O–H groups in total. The van der Waals surface area contributed by atoms with Crippen LogP contribution in [0.2, 0.25) is 0 Å². The molecule has 174 valence electrons. The van der Waals surface area contributed by atoms with E-state index < -0.39 is 28.0 Å². The number of sulfonamides is 1. The molecule has 8 heteroatoms. The average Bonchev–Trinajstić information content (AvgIpc) is 2.82. The Balaban J connectivity index is 1.42. The predicted octanol–water partition coefficient (Wildman–Crippen LogP) is 3.54. The van der Waals surface area contributed by atoms with Crippen molar-refractivity contribution in [1.82, 2.24) is 5.32 Å². The second-order valence-electron chi connectivity index (χ2n) is 7.97. The van der Waals surface area contributed by atoms with E-state index in [2.05, 4.69) is 5.32 Å². The van der Waals surface area contributed by atoms with Crippen LogP contribution in [0.1, 0.15) is 22.8 Å². The molecule has 0 aliphatic heterocycles. The Morgan fingerprint density at radius 1 is 0.912 bits per heavy atom. The van der Waals surface area contributed by atoms with Crippen molar-refractivity contribution in [2.45, 2.75) is 24.3 Å².